The second-order valence-corrected chi connectivity index (χ2v) is 9.30. The van der Waals surface area contributed by atoms with E-state index in [9.17, 15) is 18.0 Å². The molecular weight excluding hydrogens is 416 g/mol. The topological polar surface area (TPSA) is 90.6 Å². The zero-order valence-corrected chi connectivity index (χ0v) is 17.4. The number of carbonyl (C=O) groups is 1. The van der Waals surface area contributed by atoms with Gasteiger partial charge in [-0.05, 0) is 35.4 Å². The van der Waals surface area contributed by atoms with E-state index >= 15 is 0 Å². The minimum Gasteiger partial charge on any atom is -0.463 e. The summed E-state index contributed by atoms with van der Waals surface area (Å²) < 4.78 is 33.7. The molecule has 7 heteroatoms. The number of fused-ring (bicyclic) bond motifs is 1. The molecule has 0 aliphatic heterocycles. The highest BCUT2D eigenvalue weighted by Gasteiger charge is 2.13. The van der Waals surface area contributed by atoms with E-state index < -0.39 is 15.8 Å². The largest absolute Gasteiger partial charge is 0.463 e. The summed E-state index contributed by atoms with van der Waals surface area (Å²) in [4.78, 5) is 25.2. The monoisotopic (exact) mass is 434 g/mol. The molecule has 0 unspecified atom stereocenters. The third kappa shape index (κ3) is 4.73. The fourth-order valence-electron chi connectivity index (χ4n) is 3.19. The van der Waals surface area contributed by atoms with Gasteiger partial charge in [-0.15, -0.1) is 0 Å². The van der Waals surface area contributed by atoms with Crippen molar-refractivity contribution in [1.29, 1.82) is 0 Å². The summed E-state index contributed by atoms with van der Waals surface area (Å²) in [6, 6.07) is 20.0. The Kier molecular flexibility index (Phi) is 5.44. The van der Waals surface area contributed by atoms with Gasteiger partial charge in [0.25, 0.3) is 0 Å². The number of benzene rings is 3. The second-order valence-electron chi connectivity index (χ2n) is 7.16. The number of sulfone groups is 1. The maximum Gasteiger partial charge on any atom is 0.343 e. The number of rotatable bonds is 5. The fourth-order valence-corrected chi connectivity index (χ4v) is 3.99. The Morgan fingerprint density at radius 2 is 1.68 bits per heavy atom. The first-order valence-corrected chi connectivity index (χ1v) is 11.5. The van der Waals surface area contributed by atoms with Crippen LogP contribution in [-0.2, 0) is 15.6 Å². The summed E-state index contributed by atoms with van der Waals surface area (Å²) >= 11 is 0. The van der Waals surface area contributed by atoms with Gasteiger partial charge in [0.2, 0.25) is 0 Å². The Bertz CT molecular complexity index is 1420. The number of carbonyl (C=O) groups excluding carboxylic acids is 1. The molecule has 0 fully saturated rings. The zero-order chi connectivity index (χ0) is 22.0. The third-order valence-electron chi connectivity index (χ3n) is 4.66. The number of ether oxygens (including phenoxy) is 1. The molecule has 0 radical (unpaired) electrons. The first-order chi connectivity index (χ1) is 14.8. The molecule has 1 heterocycles. The lowest BCUT2D eigenvalue weighted by Crippen LogP contribution is -2.09. The highest BCUT2D eigenvalue weighted by molar-refractivity contribution is 7.89. The minimum atomic E-state index is -3.16. The Labute approximate surface area is 178 Å². The fraction of sp³-hybridized carbons (Fsp3) is 0.0833. The molecule has 4 rings (SSSR count). The van der Waals surface area contributed by atoms with E-state index in [0.717, 1.165) is 11.8 Å². The van der Waals surface area contributed by atoms with Crippen LogP contribution in [0.2, 0.25) is 0 Å². The molecule has 0 saturated heterocycles. The molecule has 0 aliphatic rings. The van der Waals surface area contributed by atoms with Gasteiger partial charge >= 0.3 is 5.97 Å². The lowest BCUT2D eigenvalue weighted by molar-refractivity contribution is 0.0735. The molecule has 4 aromatic rings. The Hall–Kier alpha value is -3.71. The minimum absolute atomic E-state index is 0.100. The predicted octanol–water partition coefficient (Wildman–Crippen LogP) is 4.22. The highest BCUT2D eigenvalue weighted by atomic mass is 32.2. The zero-order valence-electron chi connectivity index (χ0n) is 16.6. The molecule has 3 aromatic carbocycles. The lowest BCUT2D eigenvalue weighted by Gasteiger charge is -2.07. The van der Waals surface area contributed by atoms with Crippen LogP contribution in [0.3, 0.4) is 0 Å². The van der Waals surface area contributed by atoms with Gasteiger partial charge < -0.3 is 9.15 Å². The van der Waals surface area contributed by atoms with Crippen LogP contribution in [0.4, 0.5) is 0 Å². The summed E-state index contributed by atoms with van der Waals surface area (Å²) in [6.07, 6.45) is 2.54. The summed E-state index contributed by atoms with van der Waals surface area (Å²) in [7, 11) is -3.16. The summed E-state index contributed by atoms with van der Waals surface area (Å²) in [5.74, 6) is -0.473. The van der Waals surface area contributed by atoms with Gasteiger partial charge in [0.1, 0.15) is 17.6 Å². The van der Waals surface area contributed by atoms with Crippen molar-refractivity contribution in [3.8, 4) is 16.9 Å². The van der Waals surface area contributed by atoms with Crippen LogP contribution in [0.5, 0.6) is 5.75 Å². The molecule has 1 aromatic heterocycles. The van der Waals surface area contributed by atoms with Crippen molar-refractivity contribution < 1.29 is 22.4 Å². The van der Waals surface area contributed by atoms with Crippen molar-refractivity contribution in [2.45, 2.75) is 5.75 Å². The van der Waals surface area contributed by atoms with Crippen LogP contribution < -0.4 is 10.2 Å². The van der Waals surface area contributed by atoms with Gasteiger partial charge in [0.15, 0.2) is 15.3 Å². The van der Waals surface area contributed by atoms with Gasteiger partial charge in [-0.3, -0.25) is 4.79 Å². The average Bonchev–Trinajstić information content (AvgIpc) is 2.74. The Morgan fingerprint density at radius 3 is 2.35 bits per heavy atom. The van der Waals surface area contributed by atoms with Crippen molar-refractivity contribution in [2.75, 3.05) is 6.26 Å². The van der Waals surface area contributed by atoms with Crippen molar-refractivity contribution in [1.82, 2.24) is 0 Å². The van der Waals surface area contributed by atoms with E-state index in [1.165, 1.54) is 30.5 Å². The van der Waals surface area contributed by atoms with Crippen molar-refractivity contribution in [3.05, 3.63) is 100 Å². The molecule has 0 aliphatic carbocycles. The van der Waals surface area contributed by atoms with Crippen LogP contribution in [-0.4, -0.2) is 20.6 Å². The maximum atomic E-state index is 12.8. The average molecular weight is 434 g/mol. The third-order valence-corrected chi connectivity index (χ3v) is 5.52. The molecule has 0 saturated carbocycles. The first kappa shape index (κ1) is 20.6. The molecule has 0 N–H and O–H groups in total. The van der Waals surface area contributed by atoms with E-state index in [2.05, 4.69) is 0 Å². The van der Waals surface area contributed by atoms with Crippen LogP contribution >= 0.6 is 0 Å². The van der Waals surface area contributed by atoms with Crippen LogP contribution in [0, 0.1) is 0 Å². The molecule has 6 nitrogen and oxygen atoms in total. The quantitative estimate of drug-likeness (QED) is 0.345. The normalized spacial score (nSPS) is 11.4. The van der Waals surface area contributed by atoms with Crippen molar-refractivity contribution >= 4 is 26.8 Å². The second kappa shape index (κ2) is 8.20. The van der Waals surface area contributed by atoms with Gasteiger partial charge in [0.05, 0.1) is 22.3 Å². The van der Waals surface area contributed by atoms with Crippen LogP contribution in [0.15, 0.2) is 88.3 Å². The number of hydrogen-bond acceptors (Lipinski definition) is 6. The predicted molar refractivity (Wildman–Crippen MR) is 118 cm³/mol. The van der Waals surface area contributed by atoms with Crippen molar-refractivity contribution in [3.63, 3.8) is 0 Å². The molecule has 0 amide bonds. The van der Waals surface area contributed by atoms with E-state index in [4.69, 9.17) is 9.15 Å². The molecular formula is C24H18O6S. The molecule has 31 heavy (non-hydrogen) atoms. The Balaban J connectivity index is 1.56. The van der Waals surface area contributed by atoms with E-state index in [1.54, 1.807) is 18.2 Å². The van der Waals surface area contributed by atoms with Gasteiger partial charge in [-0.1, -0.05) is 42.5 Å². The van der Waals surface area contributed by atoms with E-state index in [1.807, 2.05) is 30.3 Å². The number of esters is 1. The smallest absolute Gasteiger partial charge is 0.343 e. The lowest BCUT2D eigenvalue weighted by atomic mass is 10.1. The molecule has 156 valence electrons. The number of hydrogen-bond donors (Lipinski definition) is 0. The molecule has 0 spiro atoms. The van der Waals surface area contributed by atoms with E-state index in [0.29, 0.717) is 22.1 Å². The molecule has 0 bridgehead atoms. The van der Waals surface area contributed by atoms with Crippen LogP contribution in [0.1, 0.15) is 15.9 Å². The first-order valence-electron chi connectivity index (χ1n) is 9.40. The van der Waals surface area contributed by atoms with Gasteiger partial charge in [-0.2, -0.15) is 0 Å². The Morgan fingerprint density at radius 1 is 0.968 bits per heavy atom. The maximum absolute atomic E-state index is 12.8. The van der Waals surface area contributed by atoms with E-state index in [-0.39, 0.29) is 22.5 Å². The van der Waals surface area contributed by atoms with Crippen LogP contribution in [0.25, 0.3) is 22.1 Å². The summed E-state index contributed by atoms with van der Waals surface area (Å²) in [5.41, 5.74) is 2.20. The van der Waals surface area contributed by atoms with Gasteiger partial charge in [-0.25, -0.2) is 13.2 Å². The van der Waals surface area contributed by atoms with Crippen molar-refractivity contribution in [2.24, 2.45) is 0 Å². The highest BCUT2D eigenvalue weighted by Crippen LogP contribution is 2.23. The summed E-state index contributed by atoms with van der Waals surface area (Å²) in [6.45, 7) is 0. The molecule has 0 atom stereocenters. The SMILES string of the molecule is CS(=O)(=O)Cc1ccc(C(=O)Oc2ccc3c(=O)c(-c4ccccc4)coc3c2)cc1. The standard InChI is InChI=1S/C24H18O6S/c1-31(27,28)15-16-7-9-18(10-8-16)24(26)30-19-11-12-20-22(13-19)29-14-21(23(20)25)17-5-3-2-4-6-17/h2-14H,15H2,1H3. The summed E-state index contributed by atoms with van der Waals surface area (Å²) in [5, 5.41) is 0.381. The van der Waals surface area contributed by atoms with Gasteiger partial charge in [0, 0.05) is 12.3 Å².